The van der Waals surface area contributed by atoms with E-state index in [2.05, 4.69) is 27.4 Å². The Labute approximate surface area is 70.1 Å². The highest BCUT2D eigenvalue weighted by molar-refractivity contribution is 7.99. The number of hydrogen-bond acceptors (Lipinski definition) is 1. The number of allylic oxidation sites excluding steroid dienone is 1. The zero-order valence-corrected chi connectivity index (χ0v) is 8.50. The zero-order chi connectivity index (χ0) is 8.41. The molecule has 0 saturated carbocycles. The number of hydrogen-bond donors (Lipinski definition) is 0. The van der Waals surface area contributed by atoms with Crippen molar-refractivity contribution < 1.29 is 0 Å². The van der Waals surface area contributed by atoms with E-state index in [1.807, 2.05) is 18.7 Å². The molecule has 0 radical (unpaired) electrons. The van der Waals surface area contributed by atoms with Gasteiger partial charge in [-0.3, -0.25) is 0 Å². The molecule has 0 rings (SSSR count). The van der Waals surface area contributed by atoms with Gasteiger partial charge in [-0.15, -0.1) is 6.58 Å². The van der Waals surface area contributed by atoms with Crippen molar-refractivity contribution in [2.75, 3.05) is 11.5 Å². The fourth-order valence-corrected chi connectivity index (χ4v) is 1.06. The van der Waals surface area contributed by atoms with Crippen molar-refractivity contribution in [1.29, 1.82) is 0 Å². The molecule has 0 saturated heterocycles. The van der Waals surface area contributed by atoms with E-state index in [1.165, 1.54) is 11.5 Å². The van der Waals surface area contributed by atoms with Crippen molar-refractivity contribution in [2.45, 2.75) is 27.7 Å². The Balaban J connectivity index is 0. The van der Waals surface area contributed by atoms with Gasteiger partial charge in [-0.1, -0.05) is 26.8 Å². The van der Waals surface area contributed by atoms with Gasteiger partial charge in [0.2, 0.25) is 0 Å². The SMILES string of the molecule is C=CC.CCSCC(C)C. The van der Waals surface area contributed by atoms with Crippen LogP contribution in [-0.4, -0.2) is 11.5 Å². The Kier molecular flexibility index (Phi) is 15.1. The summed E-state index contributed by atoms with van der Waals surface area (Å²) in [6.07, 6.45) is 1.75. The minimum atomic E-state index is 0.866. The molecule has 0 nitrogen and oxygen atoms in total. The lowest BCUT2D eigenvalue weighted by atomic mass is 10.3. The van der Waals surface area contributed by atoms with Crippen LogP contribution in [0.1, 0.15) is 27.7 Å². The van der Waals surface area contributed by atoms with Crippen molar-refractivity contribution in [3.05, 3.63) is 12.7 Å². The van der Waals surface area contributed by atoms with Crippen molar-refractivity contribution >= 4 is 11.8 Å². The molecule has 62 valence electrons. The Bertz CT molecular complexity index is 57.7. The summed E-state index contributed by atoms with van der Waals surface area (Å²) >= 11 is 2.02. The van der Waals surface area contributed by atoms with E-state index in [4.69, 9.17) is 0 Å². The molecule has 0 aromatic carbocycles. The molecule has 0 aliphatic carbocycles. The maximum atomic E-state index is 3.36. The first kappa shape index (κ1) is 12.7. The summed E-state index contributed by atoms with van der Waals surface area (Å²) < 4.78 is 0. The lowest BCUT2D eigenvalue weighted by Gasteiger charge is -1.98. The van der Waals surface area contributed by atoms with E-state index in [-0.39, 0.29) is 0 Å². The molecule has 0 bridgehead atoms. The first-order chi connectivity index (χ1) is 4.68. The minimum absolute atomic E-state index is 0.866. The van der Waals surface area contributed by atoms with E-state index in [0.717, 1.165) is 5.92 Å². The zero-order valence-electron chi connectivity index (χ0n) is 7.68. The van der Waals surface area contributed by atoms with Crippen LogP contribution in [-0.2, 0) is 0 Å². The van der Waals surface area contributed by atoms with Crippen LogP contribution in [0.4, 0.5) is 0 Å². The Morgan fingerprint density at radius 1 is 1.50 bits per heavy atom. The van der Waals surface area contributed by atoms with Crippen molar-refractivity contribution in [3.63, 3.8) is 0 Å². The van der Waals surface area contributed by atoms with Crippen LogP contribution in [0.25, 0.3) is 0 Å². The van der Waals surface area contributed by atoms with E-state index in [1.54, 1.807) is 6.08 Å². The van der Waals surface area contributed by atoms with Crippen molar-refractivity contribution in [2.24, 2.45) is 5.92 Å². The Hall–Kier alpha value is 0.0900. The van der Waals surface area contributed by atoms with Gasteiger partial charge in [0.1, 0.15) is 0 Å². The number of rotatable bonds is 3. The molecule has 10 heavy (non-hydrogen) atoms. The van der Waals surface area contributed by atoms with Gasteiger partial charge < -0.3 is 0 Å². The van der Waals surface area contributed by atoms with Gasteiger partial charge in [0, 0.05) is 0 Å². The third kappa shape index (κ3) is 24.3. The molecular formula is C9H20S. The van der Waals surface area contributed by atoms with Crippen LogP contribution >= 0.6 is 11.8 Å². The fraction of sp³-hybridized carbons (Fsp3) is 0.778. The monoisotopic (exact) mass is 160 g/mol. The Morgan fingerprint density at radius 3 is 2.00 bits per heavy atom. The van der Waals surface area contributed by atoms with Gasteiger partial charge in [0.25, 0.3) is 0 Å². The van der Waals surface area contributed by atoms with Crippen LogP contribution in [0.15, 0.2) is 12.7 Å². The Morgan fingerprint density at radius 2 is 1.90 bits per heavy atom. The molecule has 0 aliphatic heterocycles. The van der Waals surface area contributed by atoms with Crippen LogP contribution in [0.5, 0.6) is 0 Å². The van der Waals surface area contributed by atoms with Crippen LogP contribution in [0.3, 0.4) is 0 Å². The summed E-state index contributed by atoms with van der Waals surface area (Å²) in [5, 5.41) is 0. The lowest BCUT2D eigenvalue weighted by Crippen LogP contribution is -1.89. The first-order valence-corrected chi connectivity index (χ1v) is 4.99. The maximum absolute atomic E-state index is 3.36. The summed E-state index contributed by atoms with van der Waals surface area (Å²) in [7, 11) is 0. The quantitative estimate of drug-likeness (QED) is 0.569. The van der Waals surface area contributed by atoms with Crippen molar-refractivity contribution in [3.8, 4) is 0 Å². The molecule has 0 atom stereocenters. The second kappa shape index (κ2) is 11.8. The predicted octanol–water partition coefficient (Wildman–Crippen LogP) is 3.59. The van der Waals surface area contributed by atoms with Gasteiger partial charge >= 0.3 is 0 Å². The largest absolute Gasteiger partial charge is 0.162 e. The maximum Gasteiger partial charge on any atom is -0.00445 e. The smallest absolute Gasteiger partial charge is 0.00445 e. The molecule has 0 spiro atoms. The average molecular weight is 160 g/mol. The molecule has 0 aliphatic rings. The van der Waals surface area contributed by atoms with Gasteiger partial charge in [-0.05, 0) is 24.3 Å². The summed E-state index contributed by atoms with van der Waals surface area (Å²) in [4.78, 5) is 0. The summed E-state index contributed by atoms with van der Waals surface area (Å²) in [6, 6.07) is 0. The molecule has 0 N–H and O–H groups in total. The normalized spacial score (nSPS) is 8.50. The predicted molar refractivity (Wildman–Crippen MR) is 53.7 cm³/mol. The summed E-state index contributed by atoms with van der Waals surface area (Å²) in [5.74, 6) is 3.44. The topological polar surface area (TPSA) is 0 Å². The molecule has 0 unspecified atom stereocenters. The van der Waals surface area contributed by atoms with Crippen molar-refractivity contribution in [1.82, 2.24) is 0 Å². The lowest BCUT2D eigenvalue weighted by molar-refractivity contribution is 0.750. The third-order valence-corrected chi connectivity index (χ3v) is 1.97. The molecule has 1 heteroatoms. The molecule has 0 aromatic heterocycles. The summed E-state index contributed by atoms with van der Waals surface area (Å²) in [5.41, 5.74) is 0. The van der Waals surface area contributed by atoms with Crippen LogP contribution in [0.2, 0.25) is 0 Å². The summed E-state index contributed by atoms with van der Waals surface area (Å²) in [6.45, 7) is 12.0. The van der Waals surface area contributed by atoms with Crippen LogP contribution in [0, 0.1) is 5.92 Å². The second-order valence-electron chi connectivity index (χ2n) is 2.46. The molecule has 0 aromatic rings. The first-order valence-electron chi connectivity index (χ1n) is 3.83. The van der Waals surface area contributed by atoms with E-state index < -0.39 is 0 Å². The van der Waals surface area contributed by atoms with Gasteiger partial charge in [0.15, 0.2) is 0 Å². The molecule has 0 amide bonds. The minimum Gasteiger partial charge on any atom is -0.162 e. The van der Waals surface area contributed by atoms with Crippen LogP contribution < -0.4 is 0 Å². The van der Waals surface area contributed by atoms with E-state index >= 15 is 0 Å². The average Bonchev–Trinajstić information content (AvgIpc) is 1.85. The number of thioether (sulfide) groups is 1. The highest BCUT2D eigenvalue weighted by Gasteiger charge is 1.88. The third-order valence-electron chi connectivity index (χ3n) is 0.655. The standard InChI is InChI=1S/C6H14S.C3H6/c1-4-7-5-6(2)3;1-3-2/h6H,4-5H2,1-3H3;3H,1H2,2H3. The highest BCUT2D eigenvalue weighted by atomic mass is 32.2. The van der Waals surface area contributed by atoms with Gasteiger partial charge in [-0.25, -0.2) is 0 Å². The molecular weight excluding hydrogens is 140 g/mol. The van der Waals surface area contributed by atoms with Gasteiger partial charge in [0.05, 0.1) is 0 Å². The van der Waals surface area contributed by atoms with E-state index in [9.17, 15) is 0 Å². The molecule has 0 heterocycles. The van der Waals surface area contributed by atoms with E-state index in [0.29, 0.717) is 0 Å². The highest BCUT2D eigenvalue weighted by Crippen LogP contribution is 2.04. The fourth-order valence-electron chi connectivity index (χ4n) is 0.354. The van der Waals surface area contributed by atoms with Gasteiger partial charge in [-0.2, -0.15) is 11.8 Å². The second-order valence-corrected chi connectivity index (χ2v) is 3.78. The molecule has 0 fully saturated rings.